The van der Waals surface area contributed by atoms with Crippen LogP contribution in [0.2, 0.25) is 0 Å². The summed E-state index contributed by atoms with van der Waals surface area (Å²) in [6.07, 6.45) is 2.56. The van der Waals surface area contributed by atoms with Crippen molar-refractivity contribution in [1.29, 1.82) is 0 Å². The maximum atomic E-state index is 11.2. The molecule has 3 nitrogen and oxygen atoms in total. The first-order chi connectivity index (χ1) is 6.59. The summed E-state index contributed by atoms with van der Waals surface area (Å²) in [5.74, 6) is 0.444. The second-order valence-electron chi connectivity index (χ2n) is 4.43. The molecule has 0 radical (unpaired) electrons. The highest BCUT2D eigenvalue weighted by Crippen LogP contribution is 2.37. The maximum absolute atomic E-state index is 11.2. The molecule has 0 amide bonds. The first kappa shape index (κ1) is 9.71. The predicted octanol–water partition coefficient (Wildman–Crippen LogP) is 1.27. The lowest BCUT2D eigenvalue weighted by Gasteiger charge is -2.40. The fourth-order valence-electron chi connectivity index (χ4n) is 2.39. The van der Waals surface area contributed by atoms with E-state index in [0.29, 0.717) is 18.3 Å². The SMILES string of the molecule is CC1=CC[C@@H]2C(C)CC(=O)O[C@H]2[C@@H]1O. The molecule has 3 heteroatoms. The number of allylic oxidation sites excluding steroid dienone is 1. The van der Waals surface area contributed by atoms with E-state index in [4.69, 9.17) is 4.74 Å². The molecular weight excluding hydrogens is 180 g/mol. The molecule has 2 rings (SSSR count). The van der Waals surface area contributed by atoms with Crippen LogP contribution in [-0.4, -0.2) is 23.3 Å². The summed E-state index contributed by atoms with van der Waals surface area (Å²) in [6.45, 7) is 3.94. The molecule has 1 aliphatic carbocycles. The zero-order valence-electron chi connectivity index (χ0n) is 8.56. The molecule has 0 aromatic carbocycles. The molecular formula is C11H16O3. The Labute approximate surface area is 83.8 Å². The molecule has 0 saturated carbocycles. The lowest BCUT2D eigenvalue weighted by atomic mass is 9.75. The third-order valence-electron chi connectivity index (χ3n) is 3.40. The van der Waals surface area contributed by atoms with E-state index >= 15 is 0 Å². The van der Waals surface area contributed by atoms with Gasteiger partial charge in [0.25, 0.3) is 0 Å². The van der Waals surface area contributed by atoms with Crippen LogP contribution in [0.5, 0.6) is 0 Å². The van der Waals surface area contributed by atoms with Crippen LogP contribution in [-0.2, 0) is 9.53 Å². The van der Waals surface area contributed by atoms with Gasteiger partial charge in [0.15, 0.2) is 0 Å². The van der Waals surface area contributed by atoms with Crippen LogP contribution >= 0.6 is 0 Å². The summed E-state index contributed by atoms with van der Waals surface area (Å²) < 4.78 is 5.21. The fraction of sp³-hybridized carbons (Fsp3) is 0.727. The number of aliphatic hydroxyl groups is 1. The Hall–Kier alpha value is -0.830. The van der Waals surface area contributed by atoms with Gasteiger partial charge < -0.3 is 9.84 Å². The molecule has 1 fully saturated rings. The summed E-state index contributed by atoms with van der Waals surface area (Å²) in [5.41, 5.74) is 0.924. The van der Waals surface area contributed by atoms with Gasteiger partial charge in [-0.05, 0) is 24.8 Å². The third kappa shape index (κ3) is 1.46. The maximum Gasteiger partial charge on any atom is 0.306 e. The van der Waals surface area contributed by atoms with E-state index in [-0.39, 0.29) is 12.1 Å². The Morgan fingerprint density at radius 1 is 1.57 bits per heavy atom. The molecule has 14 heavy (non-hydrogen) atoms. The van der Waals surface area contributed by atoms with E-state index in [9.17, 15) is 9.90 Å². The first-order valence-electron chi connectivity index (χ1n) is 5.14. The van der Waals surface area contributed by atoms with Crippen molar-refractivity contribution in [2.45, 2.75) is 38.9 Å². The van der Waals surface area contributed by atoms with Crippen LogP contribution in [0.1, 0.15) is 26.7 Å². The van der Waals surface area contributed by atoms with Gasteiger partial charge in [-0.2, -0.15) is 0 Å². The van der Waals surface area contributed by atoms with E-state index in [2.05, 4.69) is 13.0 Å². The van der Waals surface area contributed by atoms with Crippen molar-refractivity contribution in [2.24, 2.45) is 11.8 Å². The van der Waals surface area contributed by atoms with Gasteiger partial charge in [-0.1, -0.05) is 13.0 Å². The average Bonchev–Trinajstić information content (AvgIpc) is 2.12. The lowest BCUT2D eigenvalue weighted by molar-refractivity contribution is -0.171. The molecule has 0 spiro atoms. The predicted molar refractivity (Wildman–Crippen MR) is 51.5 cm³/mol. The molecule has 1 unspecified atom stereocenters. The van der Waals surface area contributed by atoms with E-state index in [1.165, 1.54) is 0 Å². The van der Waals surface area contributed by atoms with E-state index in [1.807, 2.05) is 6.92 Å². The molecule has 1 saturated heterocycles. The highest BCUT2D eigenvalue weighted by molar-refractivity contribution is 5.71. The minimum atomic E-state index is -0.597. The molecule has 1 heterocycles. The van der Waals surface area contributed by atoms with Crippen molar-refractivity contribution < 1.29 is 14.6 Å². The number of esters is 1. The summed E-state index contributed by atoms with van der Waals surface area (Å²) in [7, 11) is 0. The van der Waals surface area contributed by atoms with E-state index in [1.54, 1.807) is 0 Å². The number of rotatable bonds is 0. The molecule has 0 aromatic rings. The van der Waals surface area contributed by atoms with Crippen molar-refractivity contribution in [1.82, 2.24) is 0 Å². The smallest absolute Gasteiger partial charge is 0.306 e. The Morgan fingerprint density at radius 3 is 3.00 bits per heavy atom. The largest absolute Gasteiger partial charge is 0.459 e. The van der Waals surface area contributed by atoms with Crippen LogP contribution in [0, 0.1) is 11.8 Å². The quantitative estimate of drug-likeness (QED) is 0.468. The second-order valence-corrected chi connectivity index (χ2v) is 4.43. The molecule has 0 aromatic heterocycles. The standard InChI is InChI=1S/C11H16O3/c1-6-3-4-8-7(2)5-9(12)14-11(8)10(6)13/h3,7-8,10-11,13H,4-5H2,1-2H3/t7?,8-,10-,11-/m1/s1. The fourth-order valence-corrected chi connectivity index (χ4v) is 2.39. The second kappa shape index (κ2) is 3.39. The van der Waals surface area contributed by atoms with Crippen molar-refractivity contribution in [3.05, 3.63) is 11.6 Å². The number of hydrogen-bond acceptors (Lipinski definition) is 3. The molecule has 4 atom stereocenters. The Balaban J connectivity index is 2.23. The average molecular weight is 196 g/mol. The minimum absolute atomic E-state index is 0.174. The number of ether oxygens (including phenoxy) is 1. The van der Waals surface area contributed by atoms with Crippen LogP contribution < -0.4 is 0 Å². The van der Waals surface area contributed by atoms with Gasteiger partial charge in [0.05, 0.1) is 0 Å². The first-order valence-corrected chi connectivity index (χ1v) is 5.14. The van der Waals surface area contributed by atoms with Crippen LogP contribution in [0.3, 0.4) is 0 Å². The van der Waals surface area contributed by atoms with E-state index < -0.39 is 6.10 Å². The summed E-state index contributed by atoms with van der Waals surface area (Å²) in [6, 6.07) is 0. The molecule has 1 aliphatic heterocycles. The normalized spacial score (nSPS) is 42.5. The van der Waals surface area contributed by atoms with Crippen molar-refractivity contribution in [2.75, 3.05) is 0 Å². The third-order valence-corrected chi connectivity index (χ3v) is 3.40. The number of hydrogen-bond donors (Lipinski definition) is 1. The van der Waals surface area contributed by atoms with Gasteiger partial charge in [-0.25, -0.2) is 0 Å². The van der Waals surface area contributed by atoms with Gasteiger partial charge in [-0.15, -0.1) is 0 Å². The number of carbonyl (C=O) groups is 1. The van der Waals surface area contributed by atoms with Crippen molar-refractivity contribution in [3.63, 3.8) is 0 Å². The van der Waals surface area contributed by atoms with Gasteiger partial charge in [-0.3, -0.25) is 4.79 Å². The molecule has 2 aliphatic rings. The summed E-state index contributed by atoms with van der Waals surface area (Å²) >= 11 is 0. The Bertz CT molecular complexity index is 282. The zero-order valence-corrected chi connectivity index (χ0v) is 8.56. The Kier molecular flexibility index (Phi) is 2.35. The minimum Gasteiger partial charge on any atom is -0.459 e. The molecule has 78 valence electrons. The number of aliphatic hydroxyl groups excluding tert-OH is 1. The topological polar surface area (TPSA) is 46.5 Å². The van der Waals surface area contributed by atoms with Crippen LogP contribution in [0.15, 0.2) is 11.6 Å². The zero-order chi connectivity index (χ0) is 10.3. The summed E-state index contributed by atoms with van der Waals surface area (Å²) in [4.78, 5) is 11.2. The number of carbonyl (C=O) groups excluding carboxylic acids is 1. The number of fused-ring (bicyclic) bond motifs is 1. The Morgan fingerprint density at radius 2 is 2.29 bits per heavy atom. The molecule has 0 bridgehead atoms. The van der Waals surface area contributed by atoms with Gasteiger partial charge in [0.1, 0.15) is 12.2 Å². The highest BCUT2D eigenvalue weighted by atomic mass is 16.6. The van der Waals surface area contributed by atoms with Crippen LogP contribution in [0.4, 0.5) is 0 Å². The van der Waals surface area contributed by atoms with Crippen molar-refractivity contribution >= 4 is 5.97 Å². The van der Waals surface area contributed by atoms with Gasteiger partial charge in [0.2, 0.25) is 0 Å². The van der Waals surface area contributed by atoms with Gasteiger partial charge in [0, 0.05) is 12.3 Å². The monoisotopic (exact) mass is 196 g/mol. The van der Waals surface area contributed by atoms with Gasteiger partial charge >= 0.3 is 5.97 Å². The van der Waals surface area contributed by atoms with Crippen LogP contribution in [0.25, 0.3) is 0 Å². The summed E-state index contributed by atoms with van der Waals surface area (Å²) in [5, 5.41) is 9.86. The van der Waals surface area contributed by atoms with E-state index in [0.717, 1.165) is 12.0 Å². The highest BCUT2D eigenvalue weighted by Gasteiger charge is 2.42. The lowest BCUT2D eigenvalue weighted by Crippen LogP contribution is -2.47. The molecule has 1 N–H and O–H groups in total. The van der Waals surface area contributed by atoms with Crippen molar-refractivity contribution in [3.8, 4) is 0 Å².